The molecule has 1 aromatic carbocycles. The highest BCUT2D eigenvalue weighted by molar-refractivity contribution is 7.22. The third-order valence-electron chi connectivity index (χ3n) is 3.61. The van der Waals surface area contributed by atoms with Gasteiger partial charge in [-0.15, -0.1) is 0 Å². The Labute approximate surface area is 145 Å². The van der Waals surface area contributed by atoms with Crippen molar-refractivity contribution in [3.8, 4) is 11.9 Å². The molecule has 6 nitrogen and oxygen atoms in total. The van der Waals surface area contributed by atoms with Gasteiger partial charge in [-0.1, -0.05) is 22.9 Å². The van der Waals surface area contributed by atoms with Gasteiger partial charge in [0, 0.05) is 18.3 Å². The van der Waals surface area contributed by atoms with Gasteiger partial charge in [0.2, 0.25) is 11.0 Å². The van der Waals surface area contributed by atoms with Crippen LogP contribution in [0.3, 0.4) is 0 Å². The van der Waals surface area contributed by atoms with Crippen molar-refractivity contribution in [2.45, 2.75) is 6.92 Å². The fourth-order valence-corrected chi connectivity index (χ4v) is 3.34. The van der Waals surface area contributed by atoms with E-state index >= 15 is 0 Å². The second kappa shape index (κ2) is 6.07. The van der Waals surface area contributed by atoms with E-state index in [0.29, 0.717) is 21.3 Å². The Morgan fingerprint density at radius 2 is 2.25 bits per heavy atom. The van der Waals surface area contributed by atoms with Gasteiger partial charge in [-0.3, -0.25) is 9.36 Å². The second-order valence-corrected chi connectivity index (χ2v) is 6.53. The lowest BCUT2D eigenvalue weighted by Crippen LogP contribution is -2.22. The van der Waals surface area contributed by atoms with E-state index in [4.69, 9.17) is 16.9 Å². The van der Waals surface area contributed by atoms with Gasteiger partial charge in [-0.25, -0.2) is 9.98 Å². The van der Waals surface area contributed by atoms with Crippen LogP contribution in [-0.4, -0.2) is 20.9 Å². The largest absolute Gasteiger partial charge is 0.494 e. The van der Waals surface area contributed by atoms with Crippen LogP contribution in [0.25, 0.3) is 10.2 Å². The molecule has 0 amide bonds. The summed E-state index contributed by atoms with van der Waals surface area (Å²) in [5, 5.41) is 20.4. The van der Waals surface area contributed by atoms with E-state index in [2.05, 4.69) is 9.98 Å². The summed E-state index contributed by atoms with van der Waals surface area (Å²) in [6.45, 7) is 1.60. The van der Waals surface area contributed by atoms with Crippen molar-refractivity contribution in [2.24, 2.45) is 12.0 Å². The molecule has 0 fully saturated rings. The summed E-state index contributed by atoms with van der Waals surface area (Å²) >= 11 is 7.30. The molecule has 8 heteroatoms. The lowest BCUT2D eigenvalue weighted by Gasteiger charge is -2.09. The number of hydrogen-bond donors (Lipinski definition) is 1. The van der Waals surface area contributed by atoms with Crippen molar-refractivity contribution in [3.05, 3.63) is 50.3 Å². The minimum atomic E-state index is -0.542. The lowest BCUT2D eigenvalue weighted by molar-refractivity contribution is 0.421. The van der Waals surface area contributed by atoms with E-state index in [0.717, 1.165) is 14.8 Å². The molecule has 0 saturated carbocycles. The first kappa shape index (κ1) is 16.2. The van der Waals surface area contributed by atoms with Gasteiger partial charge in [0.05, 0.1) is 15.8 Å². The van der Waals surface area contributed by atoms with Crippen LogP contribution in [-0.2, 0) is 7.05 Å². The van der Waals surface area contributed by atoms with Gasteiger partial charge in [-0.2, -0.15) is 5.26 Å². The quantitative estimate of drug-likeness (QED) is 0.711. The number of pyridine rings is 1. The number of rotatable bonds is 2. The van der Waals surface area contributed by atoms with Gasteiger partial charge >= 0.3 is 0 Å². The van der Waals surface area contributed by atoms with E-state index < -0.39 is 5.56 Å². The van der Waals surface area contributed by atoms with Crippen molar-refractivity contribution >= 4 is 44.5 Å². The van der Waals surface area contributed by atoms with Crippen molar-refractivity contribution in [1.29, 1.82) is 5.26 Å². The molecule has 0 radical (unpaired) electrons. The topological polar surface area (TPSA) is 91.3 Å². The maximum Gasteiger partial charge on any atom is 0.271 e. The summed E-state index contributed by atoms with van der Waals surface area (Å²) in [7, 11) is 1.40. The van der Waals surface area contributed by atoms with Crippen LogP contribution in [0.15, 0.2) is 28.0 Å². The number of fused-ring (bicyclic) bond motifs is 1. The number of nitrogens with zero attached hydrogens (tertiary/aromatic N) is 4. The molecule has 3 aromatic rings. The molecular weight excluding hydrogens is 348 g/mol. The number of hydrogen-bond acceptors (Lipinski definition) is 6. The molecule has 2 aromatic heterocycles. The predicted molar refractivity (Wildman–Crippen MR) is 94.7 cm³/mol. The van der Waals surface area contributed by atoms with Gasteiger partial charge < -0.3 is 5.11 Å². The zero-order chi connectivity index (χ0) is 17.4. The Morgan fingerprint density at radius 1 is 1.50 bits per heavy atom. The smallest absolute Gasteiger partial charge is 0.271 e. The molecular formula is C16H11ClN4O2S. The number of thiazole rings is 1. The number of aromatic nitrogens is 2. The molecule has 0 aliphatic rings. The zero-order valence-corrected chi connectivity index (χ0v) is 14.3. The minimum absolute atomic E-state index is 0.0205. The third-order valence-corrected chi connectivity index (χ3v) is 4.77. The van der Waals surface area contributed by atoms with Crippen molar-refractivity contribution < 1.29 is 5.11 Å². The summed E-state index contributed by atoms with van der Waals surface area (Å²) in [6, 6.07) is 7.22. The standard InChI is InChI=1S/C16H11ClN4O2S/c1-8-10(6-18)14(22)21(2)15(23)11(8)7-19-16-20-12-4-3-9(17)5-13(12)24-16/h3-5,7,23H,1-2H3/b19-7+. The first-order valence-electron chi connectivity index (χ1n) is 6.85. The average molecular weight is 359 g/mol. The molecule has 2 heterocycles. The maximum absolute atomic E-state index is 11.9. The first-order chi connectivity index (χ1) is 11.4. The Balaban J connectivity index is 2.10. The van der Waals surface area contributed by atoms with Crippen LogP contribution < -0.4 is 5.56 Å². The second-order valence-electron chi connectivity index (χ2n) is 5.08. The number of benzene rings is 1. The van der Waals surface area contributed by atoms with Gasteiger partial charge in [0.25, 0.3) is 5.56 Å². The monoisotopic (exact) mass is 358 g/mol. The highest BCUT2D eigenvalue weighted by Gasteiger charge is 2.15. The third kappa shape index (κ3) is 2.66. The molecule has 0 spiro atoms. The van der Waals surface area contributed by atoms with Crippen LogP contribution in [0.1, 0.15) is 16.7 Å². The Morgan fingerprint density at radius 3 is 2.96 bits per heavy atom. The summed E-state index contributed by atoms with van der Waals surface area (Å²) in [5.74, 6) is -0.246. The summed E-state index contributed by atoms with van der Waals surface area (Å²) in [4.78, 5) is 20.6. The molecule has 24 heavy (non-hydrogen) atoms. The van der Waals surface area contributed by atoms with Crippen LogP contribution in [0.4, 0.5) is 5.13 Å². The Bertz CT molecular complexity index is 1090. The summed E-state index contributed by atoms with van der Waals surface area (Å²) in [5.41, 5.74) is 0.903. The average Bonchev–Trinajstić information content (AvgIpc) is 2.95. The molecule has 0 saturated heterocycles. The number of aliphatic imine (C=N–C) groups is 1. The Kier molecular flexibility index (Phi) is 4.09. The SMILES string of the molecule is Cc1c(/C=N/c2nc3ccc(Cl)cc3s2)c(O)n(C)c(=O)c1C#N. The molecule has 0 unspecified atom stereocenters. The molecule has 0 aliphatic carbocycles. The van der Waals surface area contributed by atoms with Gasteiger partial charge in [0.1, 0.15) is 11.6 Å². The van der Waals surface area contributed by atoms with Crippen molar-refractivity contribution in [1.82, 2.24) is 9.55 Å². The van der Waals surface area contributed by atoms with E-state index in [1.54, 1.807) is 25.1 Å². The number of nitriles is 1. The number of halogens is 1. The minimum Gasteiger partial charge on any atom is -0.494 e. The number of aromatic hydroxyl groups is 1. The molecule has 3 rings (SSSR count). The van der Waals surface area contributed by atoms with E-state index in [-0.39, 0.29) is 11.4 Å². The predicted octanol–water partition coefficient (Wildman–Crippen LogP) is 3.28. The van der Waals surface area contributed by atoms with Crippen LogP contribution in [0.5, 0.6) is 5.88 Å². The summed E-state index contributed by atoms with van der Waals surface area (Å²) in [6.07, 6.45) is 1.41. The molecule has 0 bridgehead atoms. The Hall–Kier alpha value is -2.69. The van der Waals surface area contributed by atoms with E-state index in [1.807, 2.05) is 6.07 Å². The fourth-order valence-electron chi connectivity index (χ4n) is 2.25. The van der Waals surface area contributed by atoms with Crippen molar-refractivity contribution in [3.63, 3.8) is 0 Å². The van der Waals surface area contributed by atoms with E-state index in [1.165, 1.54) is 24.6 Å². The fraction of sp³-hybridized carbons (Fsp3) is 0.125. The van der Waals surface area contributed by atoms with Crippen LogP contribution in [0, 0.1) is 18.3 Å². The maximum atomic E-state index is 11.9. The first-order valence-corrected chi connectivity index (χ1v) is 8.04. The molecule has 1 N–H and O–H groups in total. The summed E-state index contributed by atoms with van der Waals surface area (Å²) < 4.78 is 1.92. The van der Waals surface area contributed by atoms with E-state index in [9.17, 15) is 9.90 Å². The van der Waals surface area contributed by atoms with Gasteiger partial charge in [0.15, 0.2) is 0 Å². The molecule has 0 atom stereocenters. The van der Waals surface area contributed by atoms with Crippen molar-refractivity contribution in [2.75, 3.05) is 0 Å². The molecule has 0 aliphatic heterocycles. The highest BCUT2D eigenvalue weighted by atomic mass is 35.5. The normalized spacial score (nSPS) is 11.2. The highest BCUT2D eigenvalue weighted by Crippen LogP contribution is 2.30. The zero-order valence-electron chi connectivity index (χ0n) is 12.7. The molecule has 120 valence electrons. The van der Waals surface area contributed by atoms with Crippen LogP contribution in [0.2, 0.25) is 5.02 Å². The van der Waals surface area contributed by atoms with Crippen LogP contribution >= 0.6 is 22.9 Å². The lowest BCUT2D eigenvalue weighted by atomic mass is 10.1. The van der Waals surface area contributed by atoms with Gasteiger partial charge in [-0.05, 0) is 30.7 Å².